The van der Waals surface area contributed by atoms with Crippen LogP contribution in [0.15, 0.2) is 54.0 Å². The predicted octanol–water partition coefficient (Wildman–Crippen LogP) is 5.35. The van der Waals surface area contributed by atoms with Crippen LogP contribution in [0.25, 0.3) is 27.7 Å². The summed E-state index contributed by atoms with van der Waals surface area (Å²) in [5.74, 6) is -2.75. The van der Waals surface area contributed by atoms with Gasteiger partial charge in [0.15, 0.2) is 5.82 Å². The fourth-order valence-electron chi connectivity index (χ4n) is 6.26. The number of benzene rings is 2. The maximum absolute atomic E-state index is 17.2. The number of pyridine rings is 1. The Morgan fingerprint density at radius 3 is 2.59 bits per heavy atom. The number of nitrogens with one attached hydrogen (secondary N) is 1. The molecule has 2 amide bonds. The quantitative estimate of drug-likeness (QED) is 0.309. The van der Waals surface area contributed by atoms with Crippen molar-refractivity contribution in [3.8, 4) is 16.8 Å². The van der Waals surface area contributed by atoms with E-state index in [9.17, 15) is 14.4 Å². The van der Waals surface area contributed by atoms with Crippen LogP contribution in [0.2, 0.25) is 5.02 Å². The molecule has 0 saturated carbocycles. The first kappa shape index (κ1) is 29.4. The largest absolute Gasteiger partial charge is 0.354 e. The number of halogens is 3. The van der Waals surface area contributed by atoms with Crippen molar-refractivity contribution in [3.63, 3.8) is 0 Å². The first-order valence-electron chi connectivity index (χ1n) is 14.1. The highest BCUT2D eigenvalue weighted by atomic mass is 35.5. The maximum Gasteiger partial charge on any atom is 0.354 e. The van der Waals surface area contributed by atoms with Crippen LogP contribution in [0.4, 0.5) is 20.3 Å². The molecule has 2 aromatic carbocycles. The van der Waals surface area contributed by atoms with Crippen LogP contribution in [0.5, 0.6) is 0 Å². The van der Waals surface area contributed by atoms with Gasteiger partial charge in [-0.25, -0.2) is 13.6 Å². The molecule has 1 fully saturated rings. The monoisotopic (exact) mass is 618 g/mol. The highest BCUT2D eigenvalue weighted by molar-refractivity contribution is 6.39. The van der Waals surface area contributed by atoms with Crippen molar-refractivity contribution in [1.82, 2.24) is 19.4 Å². The van der Waals surface area contributed by atoms with Crippen LogP contribution in [0.3, 0.4) is 0 Å². The van der Waals surface area contributed by atoms with Gasteiger partial charge in [0.1, 0.15) is 23.2 Å². The number of anilines is 2. The number of piperazine rings is 1. The van der Waals surface area contributed by atoms with Crippen LogP contribution in [0, 0.1) is 18.6 Å². The third kappa shape index (κ3) is 4.37. The second kappa shape index (κ2) is 10.8. The Kier molecular flexibility index (Phi) is 7.23. The molecule has 1 saturated heterocycles. The van der Waals surface area contributed by atoms with Gasteiger partial charge in [-0.1, -0.05) is 50.2 Å². The summed E-state index contributed by atoms with van der Waals surface area (Å²) in [7, 11) is 0. The smallest absolute Gasteiger partial charge is 0.337 e. The van der Waals surface area contributed by atoms with E-state index in [1.165, 1.54) is 35.2 Å². The highest BCUT2D eigenvalue weighted by Crippen LogP contribution is 2.48. The molecule has 4 aromatic rings. The molecule has 2 aromatic heterocycles. The maximum atomic E-state index is 17.2. The Morgan fingerprint density at radius 2 is 1.91 bits per heavy atom. The molecule has 0 radical (unpaired) electrons. The Balaban J connectivity index is 1.79. The van der Waals surface area contributed by atoms with E-state index in [-0.39, 0.29) is 63.5 Å². The van der Waals surface area contributed by atoms with Crippen molar-refractivity contribution in [3.05, 3.63) is 87.6 Å². The number of hydrogen-bond donors (Lipinski definition) is 1. The first-order chi connectivity index (χ1) is 21.0. The SMILES string of the molecule is C=CC(=O)N1CC(C)N2c3nc(=O)n(-c4c(C)ccnc4C(C)C)c4c(F)c(-c5ccccc5F)c(Cl)c(c34)NC(=O)C2C1. The molecule has 4 heterocycles. The molecule has 0 spiro atoms. The normalized spacial score (nSPS) is 17.9. The molecule has 226 valence electrons. The Labute approximate surface area is 256 Å². The minimum atomic E-state index is -0.997. The number of carbonyl (C=O) groups is 2. The molecule has 2 unspecified atom stereocenters. The molecule has 9 nitrogen and oxygen atoms in total. The topological polar surface area (TPSA) is 100 Å². The van der Waals surface area contributed by atoms with Crippen LogP contribution < -0.4 is 15.9 Å². The van der Waals surface area contributed by atoms with Crippen molar-refractivity contribution in [2.45, 2.75) is 45.7 Å². The molecule has 44 heavy (non-hydrogen) atoms. The summed E-state index contributed by atoms with van der Waals surface area (Å²) in [5.41, 5.74) is -0.0416. The Morgan fingerprint density at radius 1 is 1.18 bits per heavy atom. The van der Waals surface area contributed by atoms with E-state index < -0.39 is 35.3 Å². The fourth-order valence-corrected chi connectivity index (χ4v) is 6.59. The van der Waals surface area contributed by atoms with Crippen molar-refractivity contribution in [2.24, 2.45) is 0 Å². The third-order valence-electron chi connectivity index (χ3n) is 8.23. The number of nitrogens with zero attached hydrogens (tertiary/aromatic N) is 5. The van der Waals surface area contributed by atoms with Crippen LogP contribution >= 0.6 is 11.6 Å². The molecule has 0 aliphatic carbocycles. The van der Waals surface area contributed by atoms with Gasteiger partial charge in [-0.05, 0) is 43.5 Å². The van der Waals surface area contributed by atoms with E-state index in [1.54, 1.807) is 31.0 Å². The zero-order valence-electron chi connectivity index (χ0n) is 24.5. The summed E-state index contributed by atoms with van der Waals surface area (Å²) in [4.78, 5) is 52.7. The van der Waals surface area contributed by atoms with Gasteiger partial charge in [-0.15, -0.1) is 0 Å². The second-order valence-corrected chi connectivity index (χ2v) is 11.7. The fraction of sp³-hybridized carbons (Fsp3) is 0.281. The van der Waals surface area contributed by atoms with Crippen molar-refractivity contribution >= 4 is 45.8 Å². The first-order valence-corrected chi connectivity index (χ1v) is 14.5. The minimum absolute atomic E-state index is 0.0154. The number of carbonyl (C=O) groups excluding carboxylic acids is 2. The van der Waals surface area contributed by atoms with Gasteiger partial charge in [0.2, 0.25) is 11.8 Å². The summed E-state index contributed by atoms with van der Waals surface area (Å²) in [5, 5.41) is 2.65. The number of amides is 2. The van der Waals surface area contributed by atoms with Gasteiger partial charge >= 0.3 is 5.69 Å². The van der Waals surface area contributed by atoms with E-state index >= 15 is 8.78 Å². The second-order valence-electron chi connectivity index (χ2n) is 11.4. The lowest BCUT2D eigenvalue weighted by Crippen LogP contribution is -2.62. The zero-order chi connectivity index (χ0) is 31.6. The van der Waals surface area contributed by atoms with Gasteiger partial charge in [0, 0.05) is 29.9 Å². The van der Waals surface area contributed by atoms with Crippen LogP contribution in [0.1, 0.15) is 37.9 Å². The summed E-state index contributed by atoms with van der Waals surface area (Å²) in [6.45, 7) is 11.1. The third-order valence-corrected chi connectivity index (χ3v) is 8.61. The molecule has 1 N–H and O–H groups in total. The van der Waals surface area contributed by atoms with Gasteiger partial charge in [-0.2, -0.15) is 4.98 Å². The lowest BCUT2D eigenvalue weighted by atomic mass is 9.99. The standard InChI is InChI=1S/C32H29ClF2N6O3/c1-6-21(42)39-13-17(5)40-20(14-39)31(43)37-27-23-29(25(35)22(24(27)33)18-9-7-8-10-19(18)34)41(32(44)38-30(23)40)28-16(4)11-12-36-26(28)15(2)3/h6-12,15,17,20H,1,13-14H2,2-5H3,(H,37,43). The molecular formula is C32H29ClF2N6O3. The average molecular weight is 619 g/mol. The average Bonchev–Trinajstić information content (AvgIpc) is 3.11. The summed E-state index contributed by atoms with van der Waals surface area (Å²) >= 11 is 6.88. The molecule has 12 heteroatoms. The molecular weight excluding hydrogens is 590 g/mol. The Hall–Kier alpha value is -4.64. The molecule has 2 aliphatic heterocycles. The summed E-state index contributed by atoms with van der Waals surface area (Å²) < 4.78 is 33.6. The molecule has 2 atom stereocenters. The lowest BCUT2D eigenvalue weighted by Gasteiger charge is -2.44. The lowest BCUT2D eigenvalue weighted by molar-refractivity contribution is -0.128. The van der Waals surface area contributed by atoms with Crippen molar-refractivity contribution in [2.75, 3.05) is 23.3 Å². The molecule has 0 bridgehead atoms. The molecule has 2 aliphatic rings. The van der Waals surface area contributed by atoms with Crippen LogP contribution in [-0.4, -0.2) is 56.4 Å². The van der Waals surface area contributed by atoms with E-state index in [1.807, 2.05) is 13.8 Å². The van der Waals surface area contributed by atoms with Crippen LogP contribution in [-0.2, 0) is 9.59 Å². The zero-order valence-corrected chi connectivity index (χ0v) is 25.2. The van der Waals surface area contributed by atoms with Gasteiger partial charge in [-0.3, -0.25) is 19.1 Å². The molecule has 6 rings (SSSR count). The van der Waals surface area contributed by atoms with Gasteiger partial charge in [0.25, 0.3) is 0 Å². The number of fused-ring (bicyclic) bond motifs is 2. The summed E-state index contributed by atoms with van der Waals surface area (Å²) in [6.07, 6.45) is 2.77. The number of aromatic nitrogens is 3. The predicted molar refractivity (Wildman–Crippen MR) is 165 cm³/mol. The Bertz CT molecular complexity index is 1960. The number of rotatable bonds is 4. The minimum Gasteiger partial charge on any atom is -0.337 e. The van der Waals surface area contributed by atoms with Gasteiger partial charge in [0.05, 0.1) is 34.0 Å². The van der Waals surface area contributed by atoms with Crippen molar-refractivity contribution < 1.29 is 18.4 Å². The highest BCUT2D eigenvalue weighted by Gasteiger charge is 2.44. The number of aryl methyl sites for hydroxylation is 1. The van der Waals surface area contributed by atoms with E-state index in [0.29, 0.717) is 16.9 Å². The van der Waals surface area contributed by atoms with Gasteiger partial charge < -0.3 is 15.1 Å². The number of hydrogen-bond acceptors (Lipinski definition) is 6. The van der Waals surface area contributed by atoms with E-state index in [2.05, 4.69) is 21.9 Å². The van der Waals surface area contributed by atoms with E-state index in [0.717, 1.165) is 4.57 Å². The van der Waals surface area contributed by atoms with Crippen molar-refractivity contribution in [1.29, 1.82) is 0 Å². The van der Waals surface area contributed by atoms with E-state index in [4.69, 9.17) is 11.6 Å². The summed E-state index contributed by atoms with van der Waals surface area (Å²) in [6, 6.07) is 5.74.